The van der Waals surface area contributed by atoms with Gasteiger partial charge >= 0.3 is 0 Å². The van der Waals surface area contributed by atoms with Gasteiger partial charge in [0.2, 0.25) is 5.89 Å². The first-order valence-electron chi connectivity index (χ1n) is 3.99. The van der Waals surface area contributed by atoms with Crippen LogP contribution in [0.4, 0.5) is 0 Å². The van der Waals surface area contributed by atoms with Crippen molar-refractivity contribution in [2.75, 3.05) is 0 Å². The Morgan fingerprint density at radius 2 is 2.29 bits per heavy atom. The van der Waals surface area contributed by atoms with Crippen molar-refractivity contribution in [3.63, 3.8) is 0 Å². The van der Waals surface area contributed by atoms with Crippen LogP contribution in [-0.2, 0) is 0 Å². The third-order valence-corrected chi connectivity index (χ3v) is 2.54. The van der Waals surface area contributed by atoms with Gasteiger partial charge in [-0.25, -0.2) is 5.10 Å². The third-order valence-electron chi connectivity index (χ3n) is 1.86. The number of aryl methyl sites for hydroxylation is 1. The molecule has 1 N–H and O–H groups in total. The Balaban J connectivity index is 2.62. The highest BCUT2D eigenvalue weighted by Gasteiger charge is 2.09. The standard InChI is InChI=1S/C9H7ClN2OS/c1-5-3-2-4-6(7(5)10)8-11-12-9(14)13-8/h2-4H,1H3,(H,12,14). The Kier molecular flexibility index (Phi) is 2.39. The lowest BCUT2D eigenvalue weighted by atomic mass is 10.1. The second-order valence-corrected chi connectivity index (χ2v) is 3.60. The molecule has 0 atom stereocenters. The lowest BCUT2D eigenvalue weighted by molar-refractivity contribution is 0.552. The minimum absolute atomic E-state index is 0.248. The molecule has 72 valence electrons. The van der Waals surface area contributed by atoms with Crippen LogP contribution in [0.2, 0.25) is 5.02 Å². The molecule has 0 radical (unpaired) electrons. The highest BCUT2D eigenvalue weighted by molar-refractivity contribution is 7.71. The molecule has 1 heterocycles. The van der Waals surface area contributed by atoms with Crippen LogP contribution in [0.25, 0.3) is 11.5 Å². The Morgan fingerprint density at radius 1 is 1.50 bits per heavy atom. The fraction of sp³-hybridized carbons (Fsp3) is 0.111. The van der Waals surface area contributed by atoms with Crippen LogP contribution in [-0.4, -0.2) is 10.2 Å². The van der Waals surface area contributed by atoms with Gasteiger partial charge in [0.15, 0.2) is 0 Å². The summed E-state index contributed by atoms with van der Waals surface area (Å²) < 4.78 is 5.17. The summed E-state index contributed by atoms with van der Waals surface area (Å²) in [7, 11) is 0. The molecular formula is C9H7ClN2OS. The number of halogens is 1. The van der Waals surface area contributed by atoms with Crippen molar-refractivity contribution in [3.8, 4) is 11.5 Å². The topological polar surface area (TPSA) is 41.8 Å². The molecule has 0 aliphatic heterocycles. The molecule has 0 bridgehead atoms. The molecule has 0 fully saturated rings. The van der Waals surface area contributed by atoms with Crippen LogP contribution in [0, 0.1) is 11.8 Å². The van der Waals surface area contributed by atoms with Crippen LogP contribution in [0.15, 0.2) is 22.6 Å². The van der Waals surface area contributed by atoms with E-state index in [1.54, 1.807) is 0 Å². The molecule has 2 rings (SSSR count). The van der Waals surface area contributed by atoms with Gasteiger partial charge in [0.05, 0.1) is 10.6 Å². The van der Waals surface area contributed by atoms with E-state index in [1.807, 2.05) is 25.1 Å². The van der Waals surface area contributed by atoms with E-state index >= 15 is 0 Å². The summed E-state index contributed by atoms with van der Waals surface area (Å²) in [5.74, 6) is 0.420. The van der Waals surface area contributed by atoms with E-state index in [0.29, 0.717) is 10.9 Å². The van der Waals surface area contributed by atoms with Gasteiger partial charge in [-0.2, -0.15) is 0 Å². The third kappa shape index (κ3) is 1.58. The lowest BCUT2D eigenvalue weighted by Crippen LogP contribution is -1.82. The smallest absolute Gasteiger partial charge is 0.284 e. The maximum Gasteiger partial charge on any atom is 0.284 e. The number of aromatic nitrogens is 2. The number of nitrogens with one attached hydrogen (secondary N) is 1. The van der Waals surface area contributed by atoms with Crippen LogP contribution in [0.3, 0.4) is 0 Å². The van der Waals surface area contributed by atoms with E-state index in [4.69, 9.17) is 28.2 Å². The van der Waals surface area contributed by atoms with Crippen molar-refractivity contribution in [3.05, 3.63) is 33.6 Å². The van der Waals surface area contributed by atoms with Gasteiger partial charge < -0.3 is 4.42 Å². The van der Waals surface area contributed by atoms with E-state index in [0.717, 1.165) is 11.1 Å². The Morgan fingerprint density at radius 3 is 2.93 bits per heavy atom. The van der Waals surface area contributed by atoms with E-state index in [-0.39, 0.29) is 4.84 Å². The van der Waals surface area contributed by atoms with Gasteiger partial charge in [0.1, 0.15) is 0 Å². The van der Waals surface area contributed by atoms with Crippen LogP contribution in [0.1, 0.15) is 5.56 Å². The number of nitrogens with zero attached hydrogens (tertiary/aromatic N) is 1. The SMILES string of the molecule is Cc1cccc(-c2n[nH]c(=S)o2)c1Cl. The van der Waals surface area contributed by atoms with Gasteiger partial charge in [-0.15, -0.1) is 5.10 Å². The van der Waals surface area contributed by atoms with Crippen LogP contribution < -0.4 is 0 Å². The second-order valence-electron chi connectivity index (χ2n) is 2.85. The van der Waals surface area contributed by atoms with E-state index < -0.39 is 0 Å². The minimum Gasteiger partial charge on any atom is -0.409 e. The first-order chi connectivity index (χ1) is 6.68. The minimum atomic E-state index is 0.248. The van der Waals surface area contributed by atoms with Crippen molar-refractivity contribution in [2.45, 2.75) is 6.92 Å². The maximum absolute atomic E-state index is 6.09. The molecule has 0 unspecified atom stereocenters. The van der Waals surface area contributed by atoms with Gasteiger partial charge in [0, 0.05) is 0 Å². The normalized spacial score (nSPS) is 10.4. The fourth-order valence-electron chi connectivity index (χ4n) is 1.16. The molecule has 1 aromatic carbocycles. The summed E-state index contributed by atoms with van der Waals surface area (Å²) in [6.07, 6.45) is 0. The monoisotopic (exact) mass is 226 g/mol. The number of benzene rings is 1. The molecule has 3 nitrogen and oxygen atoms in total. The maximum atomic E-state index is 6.09. The largest absolute Gasteiger partial charge is 0.409 e. The molecule has 0 aliphatic rings. The zero-order chi connectivity index (χ0) is 10.1. The molecule has 0 amide bonds. The van der Waals surface area contributed by atoms with Gasteiger partial charge in [-0.1, -0.05) is 23.7 Å². The number of aromatic amines is 1. The predicted molar refractivity (Wildman–Crippen MR) is 56.9 cm³/mol. The highest BCUT2D eigenvalue weighted by Crippen LogP contribution is 2.28. The fourth-order valence-corrected chi connectivity index (χ4v) is 1.49. The second kappa shape index (κ2) is 3.55. The van der Waals surface area contributed by atoms with Crippen LogP contribution >= 0.6 is 23.8 Å². The molecular weight excluding hydrogens is 220 g/mol. The van der Waals surface area contributed by atoms with Gasteiger partial charge in [0.25, 0.3) is 4.84 Å². The summed E-state index contributed by atoms with van der Waals surface area (Å²) in [6.45, 7) is 1.92. The number of H-pyrrole nitrogens is 1. The molecule has 2 aromatic rings. The summed E-state index contributed by atoms with van der Waals surface area (Å²) in [5.41, 5.74) is 1.73. The summed E-state index contributed by atoms with van der Waals surface area (Å²) in [4.78, 5) is 0.248. The quantitative estimate of drug-likeness (QED) is 0.759. The number of hydrogen-bond acceptors (Lipinski definition) is 3. The summed E-state index contributed by atoms with van der Waals surface area (Å²) >= 11 is 10.9. The van der Waals surface area contributed by atoms with Crippen LogP contribution in [0.5, 0.6) is 0 Å². The van der Waals surface area contributed by atoms with E-state index in [2.05, 4.69) is 10.2 Å². The van der Waals surface area contributed by atoms with Gasteiger partial charge in [-0.3, -0.25) is 0 Å². The van der Waals surface area contributed by atoms with E-state index in [9.17, 15) is 0 Å². The zero-order valence-corrected chi connectivity index (χ0v) is 8.95. The lowest BCUT2D eigenvalue weighted by Gasteiger charge is -2.00. The molecule has 0 aliphatic carbocycles. The van der Waals surface area contributed by atoms with Gasteiger partial charge in [-0.05, 0) is 30.8 Å². The molecule has 14 heavy (non-hydrogen) atoms. The summed E-state index contributed by atoms with van der Waals surface area (Å²) in [5, 5.41) is 7.10. The molecule has 1 aromatic heterocycles. The number of hydrogen-bond donors (Lipinski definition) is 1. The van der Waals surface area contributed by atoms with Crippen molar-refractivity contribution in [1.29, 1.82) is 0 Å². The zero-order valence-electron chi connectivity index (χ0n) is 7.37. The average molecular weight is 227 g/mol. The Hall–Kier alpha value is -1.13. The van der Waals surface area contributed by atoms with Crippen molar-refractivity contribution >= 4 is 23.8 Å². The number of rotatable bonds is 1. The predicted octanol–water partition coefficient (Wildman–Crippen LogP) is 3.36. The van der Waals surface area contributed by atoms with Crippen molar-refractivity contribution < 1.29 is 4.42 Å². The Labute approximate surface area is 90.7 Å². The van der Waals surface area contributed by atoms with E-state index in [1.165, 1.54) is 0 Å². The van der Waals surface area contributed by atoms with Crippen molar-refractivity contribution in [1.82, 2.24) is 10.2 Å². The first kappa shape index (κ1) is 9.43. The van der Waals surface area contributed by atoms with Crippen molar-refractivity contribution in [2.24, 2.45) is 0 Å². The Bertz CT molecular complexity index is 518. The average Bonchev–Trinajstić information content (AvgIpc) is 2.57. The molecule has 0 spiro atoms. The molecule has 0 saturated heterocycles. The first-order valence-corrected chi connectivity index (χ1v) is 4.78. The molecule has 0 saturated carbocycles. The highest BCUT2D eigenvalue weighted by atomic mass is 35.5. The summed E-state index contributed by atoms with van der Waals surface area (Å²) in [6, 6.07) is 5.65. The molecule has 5 heteroatoms.